The third-order valence-electron chi connectivity index (χ3n) is 1.99. The number of hydrogen-bond acceptors (Lipinski definition) is 5. The second kappa shape index (κ2) is 3.77. The standard InChI is InChI=1S/C9H6BrNO2S2/c10-8-6-5(12-2-3-13-6)7(15-8)9-11-1-4-14-9/h1,4H,2-3H2. The molecule has 0 aromatic carbocycles. The lowest BCUT2D eigenvalue weighted by Gasteiger charge is -2.15. The van der Waals surface area contributed by atoms with Crippen LogP contribution in [0.25, 0.3) is 9.88 Å². The Bertz CT molecular complexity index is 481. The Morgan fingerprint density at radius 2 is 2.07 bits per heavy atom. The summed E-state index contributed by atoms with van der Waals surface area (Å²) in [6.07, 6.45) is 1.80. The van der Waals surface area contributed by atoms with E-state index in [1.807, 2.05) is 5.38 Å². The van der Waals surface area contributed by atoms with Crippen LogP contribution in [-0.2, 0) is 0 Å². The number of fused-ring (bicyclic) bond motifs is 1. The molecular weight excluding hydrogens is 298 g/mol. The fraction of sp³-hybridized carbons (Fsp3) is 0.222. The third-order valence-corrected chi connectivity index (χ3v) is 4.70. The summed E-state index contributed by atoms with van der Waals surface area (Å²) in [4.78, 5) is 5.33. The molecule has 0 saturated heterocycles. The van der Waals surface area contributed by atoms with Gasteiger partial charge in [-0.05, 0) is 15.9 Å². The van der Waals surface area contributed by atoms with Crippen molar-refractivity contribution in [3.05, 3.63) is 15.4 Å². The van der Waals surface area contributed by atoms with Crippen LogP contribution in [0.1, 0.15) is 0 Å². The minimum Gasteiger partial charge on any atom is -0.484 e. The van der Waals surface area contributed by atoms with E-state index in [1.54, 1.807) is 28.9 Å². The molecular formula is C9H6BrNO2S2. The number of thiazole rings is 1. The minimum absolute atomic E-state index is 0.606. The van der Waals surface area contributed by atoms with Gasteiger partial charge in [0.2, 0.25) is 0 Å². The summed E-state index contributed by atoms with van der Waals surface area (Å²) >= 11 is 6.69. The minimum atomic E-state index is 0.606. The van der Waals surface area contributed by atoms with E-state index in [4.69, 9.17) is 9.47 Å². The number of ether oxygens (including phenoxy) is 2. The van der Waals surface area contributed by atoms with E-state index < -0.39 is 0 Å². The Labute approximate surface area is 103 Å². The first-order valence-electron chi connectivity index (χ1n) is 4.34. The first-order chi connectivity index (χ1) is 7.36. The molecule has 0 spiro atoms. The number of aromatic nitrogens is 1. The van der Waals surface area contributed by atoms with Gasteiger partial charge in [0.05, 0.1) is 0 Å². The molecule has 6 heteroatoms. The van der Waals surface area contributed by atoms with Gasteiger partial charge in [0.1, 0.15) is 26.9 Å². The third kappa shape index (κ3) is 1.56. The Balaban J connectivity index is 2.16. The largest absolute Gasteiger partial charge is 0.484 e. The molecule has 2 aromatic heterocycles. The van der Waals surface area contributed by atoms with Crippen LogP contribution in [0.2, 0.25) is 0 Å². The molecule has 1 aliphatic rings. The number of hydrogen-bond donors (Lipinski definition) is 0. The lowest BCUT2D eigenvalue weighted by molar-refractivity contribution is 0.173. The molecule has 0 aliphatic carbocycles. The summed E-state index contributed by atoms with van der Waals surface area (Å²) in [6.45, 7) is 1.22. The highest BCUT2D eigenvalue weighted by Crippen LogP contribution is 2.51. The van der Waals surface area contributed by atoms with Gasteiger partial charge < -0.3 is 9.47 Å². The van der Waals surface area contributed by atoms with Crippen molar-refractivity contribution >= 4 is 38.6 Å². The van der Waals surface area contributed by atoms with Gasteiger partial charge >= 0.3 is 0 Å². The zero-order valence-electron chi connectivity index (χ0n) is 7.53. The number of nitrogens with zero attached hydrogens (tertiary/aromatic N) is 1. The molecule has 0 amide bonds. The van der Waals surface area contributed by atoms with Gasteiger partial charge in [-0.2, -0.15) is 0 Å². The van der Waals surface area contributed by atoms with Crippen LogP contribution in [0.5, 0.6) is 11.5 Å². The van der Waals surface area contributed by atoms with Crippen molar-refractivity contribution in [2.75, 3.05) is 13.2 Å². The molecule has 3 heterocycles. The average Bonchev–Trinajstić information content (AvgIpc) is 2.87. The summed E-state index contributed by atoms with van der Waals surface area (Å²) in [5.41, 5.74) is 0. The monoisotopic (exact) mass is 303 g/mol. The maximum Gasteiger partial charge on any atom is 0.187 e. The molecule has 0 N–H and O–H groups in total. The van der Waals surface area contributed by atoms with E-state index in [1.165, 1.54) is 0 Å². The molecule has 15 heavy (non-hydrogen) atoms. The van der Waals surface area contributed by atoms with E-state index in [-0.39, 0.29) is 0 Å². The van der Waals surface area contributed by atoms with Gasteiger partial charge in [0, 0.05) is 11.6 Å². The summed E-state index contributed by atoms with van der Waals surface area (Å²) in [5.74, 6) is 1.64. The maximum atomic E-state index is 5.62. The predicted molar refractivity (Wildman–Crippen MR) is 64.1 cm³/mol. The second-order valence-corrected chi connectivity index (χ2v) is 6.13. The fourth-order valence-electron chi connectivity index (χ4n) is 1.39. The van der Waals surface area contributed by atoms with E-state index >= 15 is 0 Å². The van der Waals surface area contributed by atoms with E-state index in [2.05, 4.69) is 20.9 Å². The molecule has 0 unspecified atom stereocenters. The van der Waals surface area contributed by atoms with Gasteiger partial charge in [0.25, 0.3) is 0 Å². The van der Waals surface area contributed by atoms with Gasteiger partial charge in [-0.1, -0.05) is 0 Å². The van der Waals surface area contributed by atoms with Crippen molar-refractivity contribution < 1.29 is 9.47 Å². The average molecular weight is 304 g/mol. The van der Waals surface area contributed by atoms with Crippen LogP contribution in [-0.4, -0.2) is 18.2 Å². The van der Waals surface area contributed by atoms with Crippen molar-refractivity contribution in [3.63, 3.8) is 0 Å². The highest BCUT2D eigenvalue weighted by Gasteiger charge is 2.25. The number of rotatable bonds is 1. The van der Waals surface area contributed by atoms with Crippen LogP contribution in [0, 0.1) is 0 Å². The van der Waals surface area contributed by atoms with Crippen LogP contribution in [0.15, 0.2) is 15.4 Å². The van der Waals surface area contributed by atoms with Gasteiger partial charge in [-0.3, -0.25) is 0 Å². The first kappa shape index (κ1) is 9.62. The SMILES string of the molecule is Brc1sc(-c2nccs2)c2c1OCCO2. The van der Waals surface area contributed by atoms with Gasteiger partial charge in [-0.25, -0.2) is 4.98 Å². The van der Waals surface area contributed by atoms with E-state index in [0.29, 0.717) is 13.2 Å². The molecule has 0 atom stereocenters. The van der Waals surface area contributed by atoms with Crippen LogP contribution in [0.3, 0.4) is 0 Å². The van der Waals surface area contributed by atoms with E-state index in [9.17, 15) is 0 Å². The van der Waals surface area contributed by atoms with Crippen LogP contribution in [0.4, 0.5) is 0 Å². The zero-order valence-corrected chi connectivity index (χ0v) is 10.7. The summed E-state index contributed by atoms with van der Waals surface area (Å²) in [5, 5.41) is 2.94. The Kier molecular flexibility index (Phi) is 2.42. The molecule has 0 saturated carbocycles. The summed E-state index contributed by atoms with van der Waals surface area (Å²) in [6, 6.07) is 0. The molecule has 2 aromatic rings. The second-order valence-electron chi connectivity index (χ2n) is 2.90. The van der Waals surface area contributed by atoms with Crippen molar-refractivity contribution in [1.29, 1.82) is 0 Å². The van der Waals surface area contributed by atoms with Crippen molar-refractivity contribution in [1.82, 2.24) is 4.98 Å². The first-order valence-corrected chi connectivity index (χ1v) is 6.83. The van der Waals surface area contributed by atoms with Crippen LogP contribution >= 0.6 is 38.6 Å². The summed E-state index contributed by atoms with van der Waals surface area (Å²) < 4.78 is 12.1. The van der Waals surface area contributed by atoms with E-state index in [0.717, 1.165) is 25.2 Å². The van der Waals surface area contributed by atoms with Crippen molar-refractivity contribution in [2.24, 2.45) is 0 Å². The van der Waals surface area contributed by atoms with Crippen LogP contribution < -0.4 is 9.47 Å². The van der Waals surface area contributed by atoms with Crippen molar-refractivity contribution in [2.45, 2.75) is 0 Å². The topological polar surface area (TPSA) is 31.4 Å². The zero-order chi connectivity index (χ0) is 10.3. The Morgan fingerprint density at radius 3 is 2.80 bits per heavy atom. The molecule has 1 aliphatic heterocycles. The van der Waals surface area contributed by atoms with Crippen molar-refractivity contribution in [3.8, 4) is 21.4 Å². The summed E-state index contributed by atoms with van der Waals surface area (Å²) in [7, 11) is 0. The lowest BCUT2D eigenvalue weighted by Crippen LogP contribution is -2.14. The maximum absolute atomic E-state index is 5.62. The molecule has 3 nitrogen and oxygen atoms in total. The molecule has 78 valence electrons. The Morgan fingerprint density at radius 1 is 1.27 bits per heavy atom. The quantitative estimate of drug-likeness (QED) is 0.809. The highest BCUT2D eigenvalue weighted by molar-refractivity contribution is 9.11. The molecule has 0 fully saturated rings. The highest BCUT2D eigenvalue weighted by atomic mass is 79.9. The molecule has 3 rings (SSSR count). The van der Waals surface area contributed by atoms with Gasteiger partial charge in [-0.15, -0.1) is 22.7 Å². The number of halogens is 1. The molecule has 0 radical (unpaired) electrons. The molecule has 0 bridgehead atoms. The number of thiophene rings is 1. The lowest BCUT2D eigenvalue weighted by atomic mass is 10.4. The smallest absolute Gasteiger partial charge is 0.187 e. The van der Waals surface area contributed by atoms with Gasteiger partial charge in [0.15, 0.2) is 11.5 Å². The Hall–Kier alpha value is -0.590. The predicted octanol–water partition coefficient (Wildman–Crippen LogP) is 3.41. The normalized spacial score (nSPS) is 14.2. The fourth-order valence-corrected chi connectivity index (χ4v) is 3.82.